The summed E-state index contributed by atoms with van der Waals surface area (Å²) < 4.78 is 50.6. The van der Waals surface area contributed by atoms with Gasteiger partial charge in [0.25, 0.3) is 11.8 Å². The minimum absolute atomic E-state index is 0.0674. The zero-order valence-corrected chi connectivity index (χ0v) is 18.3. The highest BCUT2D eigenvalue weighted by Gasteiger charge is 2.31. The van der Waals surface area contributed by atoms with Gasteiger partial charge >= 0.3 is 6.36 Å². The van der Waals surface area contributed by atoms with Gasteiger partial charge in [-0.2, -0.15) is 0 Å². The highest BCUT2D eigenvalue weighted by molar-refractivity contribution is 6.30. The molecule has 12 heteroatoms. The standard InChI is InChI=1S/C22H19ClF3N3O5/c23-15-3-1-14(2-4-15)9-10-27-21(31)18-12-33-20(29-18)11-28-19(30)13-32-16-5-7-17(8-6-16)34-22(24,25)26/h1-8,12H,9-11,13H2,(H,27,31)(H,28,30). The van der Waals surface area contributed by atoms with E-state index in [4.69, 9.17) is 20.8 Å². The second-order valence-corrected chi connectivity index (χ2v) is 7.28. The van der Waals surface area contributed by atoms with Crippen LogP contribution in [0.25, 0.3) is 0 Å². The Hall–Kier alpha value is -3.73. The van der Waals surface area contributed by atoms with Crippen molar-refractivity contribution in [2.24, 2.45) is 0 Å². The number of oxazole rings is 1. The molecule has 0 aliphatic heterocycles. The Kier molecular flexibility index (Phi) is 8.36. The number of hydrogen-bond acceptors (Lipinski definition) is 6. The largest absolute Gasteiger partial charge is 0.573 e. The van der Waals surface area contributed by atoms with Crippen LogP contribution in [-0.2, 0) is 17.8 Å². The molecule has 3 rings (SSSR count). The highest BCUT2D eigenvalue weighted by atomic mass is 35.5. The number of alkyl halides is 3. The van der Waals surface area contributed by atoms with E-state index in [-0.39, 0.29) is 23.9 Å². The van der Waals surface area contributed by atoms with Crippen LogP contribution in [0.5, 0.6) is 11.5 Å². The van der Waals surface area contributed by atoms with Gasteiger partial charge < -0.3 is 24.5 Å². The van der Waals surface area contributed by atoms with E-state index in [1.165, 1.54) is 18.4 Å². The number of rotatable bonds is 10. The second-order valence-electron chi connectivity index (χ2n) is 6.84. The molecule has 3 aromatic rings. The highest BCUT2D eigenvalue weighted by Crippen LogP contribution is 2.24. The summed E-state index contributed by atoms with van der Waals surface area (Å²) in [6, 6.07) is 11.9. The molecule has 8 nitrogen and oxygen atoms in total. The number of nitrogens with one attached hydrogen (secondary N) is 2. The Morgan fingerprint density at radius 2 is 1.68 bits per heavy atom. The van der Waals surface area contributed by atoms with Crippen molar-refractivity contribution in [2.75, 3.05) is 13.2 Å². The van der Waals surface area contributed by atoms with E-state index < -0.39 is 30.5 Å². The summed E-state index contributed by atoms with van der Waals surface area (Å²) in [5.74, 6) is -1.06. The maximum atomic E-state index is 12.2. The van der Waals surface area contributed by atoms with Crippen LogP contribution >= 0.6 is 11.6 Å². The van der Waals surface area contributed by atoms with E-state index in [9.17, 15) is 22.8 Å². The van der Waals surface area contributed by atoms with Crippen molar-refractivity contribution in [2.45, 2.75) is 19.3 Å². The molecule has 34 heavy (non-hydrogen) atoms. The van der Waals surface area contributed by atoms with Crippen molar-refractivity contribution < 1.29 is 36.7 Å². The predicted octanol–water partition coefficient (Wildman–Crippen LogP) is 3.89. The fourth-order valence-electron chi connectivity index (χ4n) is 2.67. The number of amides is 2. The minimum atomic E-state index is -4.79. The van der Waals surface area contributed by atoms with Crippen LogP contribution in [-0.4, -0.2) is 36.3 Å². The van der Waals surface area contributed by atoms with Crippen molar-refractivity contribution in [3.8, 4) is 11.5 Å². The summed E-state index contributed by atoms with van der Waals surface area (Å²) in [5.41, 5.74) is 1.08. The van der Waals surface area contributed by atoms with Crippen LogP contribution in [0.15, 0.2) is 59.2 Å². The van der Waals surface area contributed by atoms with Crippen LogP contribution in [0.1, 0.15) is 21.9 Å². The quantitative estimate of drug-likeness (QED) is 0.440. The summed E-state index contributed by atoms with van der Waals surface area (Å²) in [6.07, 6.45) is -3.00. The summed E-state index contributed by atoms with van der Waals surface area (Å²) in [4.78, 5) is 28.1. The number of carbonyl (C=O) groups excluding carboxylic acids is 2. The summed E-state index contributed by atoms with van der Waals surface area (Å²) in [7, 11) is 0. The Labute approximate surface area is 197 Å². The molecular weight excluding hydrogens is 479 g/mol. The van der Waals surface area contributed by atoms with E-state index in [0.717, 1.165) is 17.7 Å². The second kappa shape index (κ2) is 11.4. The maximum Gasteiger partial charge on any atom is 0.573 e. The molecule has 0 saturated heterocycles. The first-order valence-electron chi connectivity index (χ1n) is 9.90. The third kappa shape index (κ3) is 8.32. The number of benzene rings is 2. The maximum absolute atomic E-state index is 12.2. The van der Waals surface area contributed by atoms with Gasteiger partial charge in [-0.25, -0.2) is 4.98 Å². The van der Waals surface area contributed by atoms with Gasteiger partial charge in [0.15, 0.2) is 12.3 Å². The van der Waals surface area contributed by atoms with Gasteiger partial charge in [-0.3, -0.25) is 9.59 Å². The van der Waals surface area contributed by atoms with Crippen LogP contribution in [0.3, 0.4) is 0 Å². The first kappa shape index (κ1) is 24.9. The number of nitrogens with zero attached hydrogens (tertiary/aromatic N) is 1. The van der Waals surface area contributed by atoms with Crippen LogP contribution in [0.2, 0.25) is 5.02 Å². The first-order valence-corrected chi connectivity index (χ1v) is 10.3. The predicted molar refractivity (Wildman–Crippen MR) is 114 cm³/mol. The van der Waals surface area contributed by atoms with Crippen LogP contribution < -0.4 is 20.1 Å². The lowest BCUT2D eigenvalue weighted by atomic mass is 10.1. The number of hydrogen-bond donors (Lipinski definition) is 2. The zero-order chi connectivity index (χ0) is 24.6. The lowest BCUT2D eigenvalue weighted by molar-refractivity contribution is -0.274. The molecular formula is C22H19ClF3N3O5. The molecule has 0 fully saturated rings. The van der Waals surface area contributed by atoms with Crippen molar-refractivity contribution in [3.05, 3.63) is 77.0 Å². The molecule has 0 unspecified atom stereocenters. The van der Waals surface area contributed by atoms with E-state index in [0.29, 0.717) is 18.0 Å². The molecule has 2 N–H and O–H groups in total. The smallest absolute Gasteiger partial charge is 0.484 e. The molecule has 0 atom stereocenters. The normalized spacial score (nSPS) is 11.1. The fourth-order valence-corrected chi connectivity index (χ4v) is 2.80. The fraction of sp³-hybridized carbons (Fsp3) is 0.227. The summed E-state index contributed by atoms with van der Waals surface area (Å²) in [6.45, 7) is -0.0864. The monoisotopic (exact) mass is 497 g/mol. The van der Waals surface area contributed by atoms with Gasteiger partial charge in [-0.15, -0.1) is 13.2 Å². The van der Waals surface area contributed by atoms with Gasteiger partial charge in [0.1, 0.15) is 17.8 Å². The van der Waals surface area contributed by atoms with E-state index >= 15 is 0 Å². The Balaban J connectivity index is 1.37. The topological polar surface area (TPSA) is 103 Å². The Morgan fingerprint density at radius 1 is 1.00 bits per heavy atom. The van der Waals surface area contributed by atoms with Crippen LogP contribution in [0.4, 0.5) is 13.2 Å². The molecule has 0 saturated carbocycles. The Morgan fingerprint density at radius 3 is 2.35 bits per heavy atom. The third-order valence-corrected chi connectivity index (χ3v) is 4.51. The summed E-state index contributed by atoms with van der Waals surface area (Å²) in [5, 5.41) is 5.85. The van der Waals surface area contributed by atoms with E-state index in [2.05, 4.69) is 20.4 Å². The number of carbonyl (C=O) groups is 2. The molecule has 0 radical (unpaired) electrons. The lowest BCUT2D eigenvalue weighted by Gasteiger charge is -2.10. The molecule has 0 spiro atoms. The molecule has 180 valence electrons. The molecule has 0 aliphatic carbocycles. The number of halogens is 4. The van der Waals surface area contributed by atoms with Crippen LogP contribution in [0, 0.1) is 0 Å². The molecule has 0 bridgehead atoms. The van der Waals surface area contributed by atoms with Crippen molar-refractivity contribution in [3.63, 3.8) is 0 Å². The zero-order valence-electron chi connectivity index (χ0n) is 17.5. The Bertz CT molecular complexity index is 1100. The summed E-state index contributed by atoms with van der Waals surface area (Å²) >= 11 is 5.83. The average Bonchev–Trinajstić information content (AvgIpc) is 3.27. The molecule has 1 aromatic heterocycles. The van der Waals surface area contributed by atoms with Gasteiger partial charge in [0, 0.05) is 11.6 Å². The van der Waals surface area contributed by atoms with Gasteiger partial charge in [-0.05, 0) is 48.4 Å². The SMILES string of the molecule is O=C(COc1ccc(OC(F)(F)F)cc1)NCc1nc(C(=O)NCCc2ccc(Cl)cc2)co1. The minimum Gasteiger partial charge on any atom is -0.484 e. The molecule has 0 aliphatic rings. The molecule has 1 heterocycles. The van der Waals surface area contributed by atoms with Gasteiger partial charge in [0.2, 0.25) is 5.89 Å². The van der Waals surface area contributed by atoms with Gasteiger partial charge in [0.05, 0.1) is 6.54 Å². The third-order valence-electron chi connectivity index (χ3n) is 4.26. The van der Waals surface area contributed by atoms with Crippen molar-refractivity contribution in [1.29, 1.82) is 0 Å². The molecule has 2 aromatic carbocycles. The van der Waals surface area contributed by atoms with Crippen molar-refractivity contribution >= 4 is 23.4 Å². The molecule has 2 amide bonds. The lowest BCUT2D eigenvalue weighted by Crippen LogP contribution is -2.29. The number of ether oxygens (including phenoxy) is 2. The van der Waals surface area contributed by atoms with E-state index in [1.807, 2.05) is 12.1 Å². The van der Waals surface area contributed by atoms with E-state index in [1.54, 1.807) is 12.1 Å². The van der Waals surface area contributed by atoms with Crippen molar-refractivity contribution in [1.82, 2.24) is 15.6 Å². The number of aromatic nitrogens is 1. The van der Waals surface area contributed by atoms with Gasteiger partial charge in [-0.1, -0.05) is 23.7 Å². The average molecular weight is 498 g/mol. The first-order chi connectivity index (χ1) is 16.2.